The Morgan fingerprint density at radius 3 is 2.54 bits per heavy atom. The molecule has 2 fully saturated rings. The van der Waals surface area contributed by atoms with Gasteiger partial charge in [0, 0.05) is 43.5 Å². The van der Waals surface area contributed by atoms with E-state index in [2.05, 4.69) is 51.4 Å². The van der Waals surface area contributed by atoms with Crippen LogP contribution in [0.3, 0.4) is 0 Å². The summed E-state index contributed by atoms with van der Waals surface area (Å²) in [6, 6.07) is 8.91. The number of carbonyl (C=O) groups excluding carboxylic acids is 1. The number of hydrogen-bond acceptors (Lipinski definition) is 5. The Morgan fingerprint density at radius 2 is 1.88 bits per heavy atom. The van der Waals surface area contributed by atoms with Gasteiger partial charge in [0.1, 0.15) is 9.88 Å². The zero-order valence-electron chi connectivity index (χ0n) is 13.9. The van der Waals surface area contributed by atoms with E-state index in [4.69, 9.17) is 0 Å². The molecule has 1 N–H and O–H groups in total. The van der Waals surface area contributed by atoms with Crippen molar-refractivity contribution in [2.24, 2.45) is 0 Å². The first-order valence-electron chi connectivity index (χ1n) is 8.50. The number of piperazine rings is 1. The van der Waals surface area contributed by atoms with Crippen molar-refractivity contribution < 1.29 is 4.79 Å². The quantitative estimate of drug-likeness (QED) is 0.927. The highest BCUT2D eigenvalue weighted by Crippen LogP contribution is 2.28. The molecule has 6 heteroatoms. The number of hydrogen-bond donors (Lipinski definition) is 1. The molecule has 126 valence electrons. The monoisotopic (exact) mass is 342 g/mol. The maximum Gasteiger partial charge on any atom is 0.263 e. The lowest BCUT2D eigenvalue weighted by Gasteiger charge is -2.34. The molecule has 1 saturated carbocycles. The number of rotatable bonds is 4. The lowest BCUT2D eigenvalue weighted by molar-refractivity contribution is 0.0955. The van der Waals surface area contributed by atoms with Gasteiger partial charge in [-0.05, 0) is 44.2 Å². The molecule has 1 aromatic carbocycles. The van der Waals surface area contributed by atoms with Crippen molar-refractivity contribution in [3.63, 3.8) is 0 Å². The average molecular weight is 342 g/mol. The predicted octanol–water partition coefficient (Wildman–Crippen LogP) is 2.45. The number of carbonyl (C=O) groups is 1. The van der Waals surface area contributed by atoms with Crippen LogP contribution in [0.1, 0.15) is 22.5 Å². The predicted molar refractivity (Wildman–Crippen MR) is 97.7 cm³/mol. The summed E-state index contributed by atoms with van der Waals surface area (Å²) in [6.45, 7) is 4.35. The number of nitrogens with one attached hydrogen (secondary N) is 1. The minimum absolute atomic E-state index is 0.00954. The fraction of sp³-hybridized carbons (Fsp3) is 0.444. The highest BCUT2D eigenvalue weighted by molar-refractivity contribution is 7.16. The fourth-order valence-electron chi connectivity index (χ4n) is 2.88. The van der Waals surface area contributed by atoms with Gasteiger partial charge in [-0.1, -0.05) is 0 Å². The Morgan fingerprint density at radius 1 is 1.17 bits per heavy atom. The van der Waals surface area contributed by atoms with Gasteiger partial charge in [0.25, 0.3) is 5.91 Å². The summed E-state index contributed by atoms with van der Waals surface area (Å²) < 4.78 is 0. The molecular weight excluding hydrogens is 320 g/mol. The summed E-state index contributed by atoms with van der Waals surface area (Å²) in [7, 11) is 2.17. The van der Waals surface area contributed by atoms with Crippen LogP contribution in [-0.2, 0) is 0 Å². The third-order valence-corrected chi connectivity index (χ3v) is 5.67. The summed E-state index contributed by atoms with van der Waals surface area (Å²) in [5.74, 6) is 0.00954. The summed E-state index contributed by atoms with van der Waals surface area (Å²) in [5, 5.41) is 3.92. The molecule has 1 amide bonds. The van der Waals surface area contributed by atoms with Gasteiger partial charge in [0.05, 0.1) is 6.20 Å². The molecule has 1 aliphatic carbocycles. The second-order valence-electron chi connectivity index (χ2n) is 6.61. The van der Waals surface area contributed by atoms with E-state index >= 15 is 0 Å². The van der Waals surface area contributed by atoms with Gasteiger partial charge in [0.15, 0.2) is 0 Å². The fourth-order valence-corrected chi connectivity index (χ4v) is 3.70. The van der Waals surface area contributed by atoms with E-state index in [0.29, 0.717) is 10.9 Å². The smallest absolute Gasteiger partial charge is 0.263 e. The minimum atomic E-state index is 0.00954. The maximum atomic E-state index is 12.1. The van der Waals surface area contributed by atoms with Gasteiger partial charge in [-0.2, -0.15) is 0 Å². The van der Waals surface area contributed by atoms with Crippen LogP contribution in [0, 0.1) is 0 Å². The van der Waals surface area contributed by atoms with E-state index in [1.165, 1.54) is 17.0 Å². The molecule has 24 heavy (non-hydrogen) atoms. The largest absolute Gasteiger partial charge is 0.369 e. The van der Waals surface area contributed by atoms with E-state index in [-0.39, 0.29) is 5.91 Å². The number of amides is 1. The van der Waals surface area contributed by atoms with E-state index in [1.54, 1.807) is 6.20 Å². The molecule has 1 saturated heterocycles. The molecule has 0 bridgehead atoms. The number of thiazole rings is 1. The molecule has 5 nitrogen and oxygen atoms in total. The Bertz CT molecular complexity index is 715. The van der Waals surface area contributed by atoms with Gasteiger partial charge in [-0.25, -0.2) is 4.98 Å². The molecule has 0 unspecified atom stereocenters. The van der Waals surface area contributed by atoms with Gasteiger partial charge < -0.3 is 15.1 Å². The van der Waals surface area contributed by atoms with Crippen LogP contribution in [0.2, 0.25) is 0 Å². The third-order valence-electron chi connectivity index (χ3n) is 4.62. The zero-order chi connectivity index (χ0) is 16.5. The highest BCUT2D eigenvalue weighted by atomic mass is 32.1. The Kier molecular flexibility index (Phi) is 4.24. The second-order valence-corrected chi connectivity index (χ2v) is 7.65. The Balaban J connectivity index is 1.44. The molecule has 1 aromatic heterocycles. The molecule has 0 radical (unpaired) electrons. The SMILES string of the molecule is CN1CCN(c2ccc(-c3ncc(C(=O)NC4CC4)s3)cc2)CC1. The number of nitrogens with zero attached hydrogens (tertiary/aromatic N) is 3. The minimum Gasteiger partial charge on any atom is -0.369 e. The molecule has 2 heterocycles. The normalized spacial score (nSPS) is 18.6. The van der Waals surface area contributed by atoms with Gasteiger partial charge in [-0.15, -0.1) is 11.3 Å². The van der Waals surface area contributed by atoms with Crippen LogP contribution >= 0.6 is 11.3 Å². The molecular formula is C18H22N4OS. The topological polar surface area (TPSA) is 48.5 Å². The van der Waals surface area contributed by atoms with Crippen LogP contribution in [0.4, 0.5) is 5.69 Å². The van der Waals surface area contributed by atoms with Crippen molar-refractivity contribution >= 4 is 22.9 Å². The number of benzene rings is 1. The summed E-state index contributed by atoms with van der Waals surface area (Å²) in [4.78, 5) is 22.0. The summed E-state index contributed by atoms with van der Waals surface area (Å²) in [6.07, 6.45) is 3.89. The van der Waals surface area contributed by atoms with Gasteiger partial charge in [-0.3, -0.25) is 4.79 Å². The highest BCUT2D eigenvalue weighted by Gasteiger charge is 2.24. The van der Waals surface area contributed by atoms with Crippen molar-refractivity contribution in [2.75, 3.05) is 38.1 Å². The lowest BCUT2D eigenvalue weighted by atomic mass is 10.2. The molecule has 2 aromatic rings. The third kappa shape index (κ3) is 3.44. The number of aromatic nitrogens is 1. The van der Waals surface area contributed by atoms with E-state index in [1.807, 2.05) is 0 Å². The standard InChI is InChI=1S/C18H22N4OS/c1-21-8-10-22(11-9-21)15-6-2-13(3-7-15)18-19-12-16(24-18)17(23)20-14-4-5-14/h2-3,6-7,12,14H,4-5,8-11H2,1H3,(H,20,23). The molecule has 4 rings (SSSR count). The van der Waals surface area contributed by atoms with Crippen molar-refractivity contribution in [3.05, 3.63) is 35.3 Å². The van der Waals surface area contributed by atoms with Crippen LogP contribution in [0.5, 0.6) is 0 Å². The van der Waals surface area contributed by atoms with Crippen LogP contribution in [-0.4, -0.2) is 55.1 Å². The first kappa shape index (κ1) is 15.6. The van der Waals surface area contributed by atoms with Crippen LogP contribution in [0.15, 0.2) is 30.5 Å². The number of anilines is 1. The van der Waals surface area contributed by atoms with Gasteiger partial charge >= 0.3 is 0 Å². The van der Waals surface area contributed by atoms with Crippen LogP contribution in [0.25, 0.3) is 10.6 Å². The first-order valence-corrected chi connectivity index (χ1v) is 9.31. The van der Waals surface area contributed by atoms with E-state index < -0.39 is 0 Å². The zero-order valence-corrected chi connectivity index (χ0v) is 14.7. The van der Waals surface area contributed by atoms with Crippen molar-refractivity contribution in [1.29, 1.82) is 0 Å². The molecule has 1 aliphatic heterocycles. The second kappa shape index (κ2) is 6.53. The number of likely N-dealkylation sites (N-methyl/N-ethyl adjacent to an activating group) is 1. The van der Waals surface area contributed by atoms with Crippen molar-refractivity contribution in [1.82, 2.24) is 15.2 Å². The Labute approximate surface area is 146 Å². The van der Waals surface area contributed by atoms with E-state index in [9.17, 15) is 4.79 Å². The molecule has 2 aliphatic rings. The lowest BCUT2D eigenvalue weighted by Crippen LogP contribution is -2.44. The summed E-state index contributed by atoms with van der Waals surface area (Å²) in [5.41, 5.74) is 2.33. The Hall–Kier alpha value is -1.92. The van der Waals surface area contributed by atoms with Crippen LogP contribution < -0.4 is 10.2 Å². The van der Waals surface area contributed by atoms with E-state index in [0.717, 1.165) is 49.6 Å². The average Bonchev–Trinajstić information content (AvgIpc) is 3.27. The van der Waals surface area contributed by atoms with Crippen molar-refractivity contribution in [2.45, 2.75) is 18.9 Å². The van der Waals surface area contributed by atoms with Gasteiger partial charge in [0.2, 0.25) is 0 Å². The maximum absolute atomic E-state index is 12.1. The first-order chi connectivity index (χ1) is 11.7. The molecule has 0 atom stereocenters. The molecule has 0 spiro atoms. The van der Waals surface area contributed by atoms with Crippen molar-refractivity contribution in [3.8, 4) is 10.6 Å². The summed E-state index contributed by atoms with van der Waals surface area (Å²) >= 11 is 1.46.